The van der Waals surface area contributed by atoms with E-state index in [-0.39, 0.29) is 0 Å². The zero-order valence-electron chi connectivity index (χ0n) is 11.7. The summed E-state index contributed by atoms with van der Waals surface area (Å²) < 4.78 is 0. The van der Waals surface area contributed by atoms with Crippen LogP contribution in [-0.2, 0) is 0 Å². The fourth-order valence-electron chi connectivity index (χ4n) is 2.99. The third kappa shape index (κ3) is 3.25. The van der Waals surface area contributed by atoms with Crippen molar-refractivity contribution in [2.45, 2.75) is 38.1 Å². The number of nitriles is 1. The van der Waals surface area contributed by atoms with E-state index in [1.807, 2.05) is 12.1 Å². The molecule has 0 saturated heterocycles. The number of nitrogens with zero attached hydrogens (tertiary/aromatic N) is 3. The van der Waals surface area contributed by atoms with Gasteiger partial charge in [-0.2, -0.15) is 5.26 Å². The van der Waals surface area contributed by atoms with E-state index in [9.17, 15) is 0 Å². The van der Waals surface area contributed by atoms with Gasteiger partial charge in [0, 0.05) is 30.1 Å². The van der Waals surface area contributed by atoms with Crippen LogP contribution in [0.1, 0.15) is 32.1 Å². The van der Waals surface area contributed by atoms with Crippen molar-refractivity contribution < 1.29 is 0 Å². The molecule has 1 saturated carbocycles. The van der Waals surface area contributed by atoms with Crippen molar-refractivity contribution in [3.8, 4) is 6.07 Å². The monoisotopic (exact) mass is 300 g/mol. The Kier molecular flexibility index (Phi) is 4.21. The average molecular weight is 301 g/mol. The van der Waals surface area contributed by atoms with Gasteiger partial charge in [0.15, 0.2) is 0 Å². The second-order valence-electron chi connectivity index (χ2n) is 5.59. The second kappa shape index (κ2) is 6.28. The van der Waals surface area contributed by atoms with Crippen molar-refractivity contribution in [3.63, 3.8) is 0 Å². The Bertz CT molecular complexity index is 672. The summed E-state index contributed by atoms with van der Waals surface area (Å²) >= 11 is 6.08. The summed E-state index contributed by atoms with van der Waals surface area (Å²) in [5.41, 5.74) is 0.859. The first-order valence-electron chi connectivity index (χ1n) is 7.31. The van der Waals surface area contributed by atoms with Gasteiger partial charge in [-0.3, -0.25) is 4.98 Å². The maximum absolute atomic E-state index is 8.77. The Labute approximate surface area is 129 Å². The molecular formula is C16H17ClN4. The second-order valence-corrected chi connectivity index (χ2v) is 5.98. The van der Waals surface area contributed by atoms with E-state index < -0.39 is 0 Å². The summed E-state index contributed by atoms with van der Waals surface area (Å²) in [4.78, 5) is 8.74. The minimum Gasteiger partial charge on any atom is -0.367 e. The Morgan fingerprint density at radius 1 is 1.33 bits per heavy atom. The van der Waals surface area contributed by atoms with E-state index in [0.29, 0.717) is 23.5 Å². The molecule has 0 aromatic carbocycles. The Balaban J connectivity index is 1.75. The average Bonchev–Trinajstić information content (AvgIpc) is 2.49. The zero-order chi connectivity index (χ0) is 14.7. The molecule has 0 radical (unpaired) electrons. The summed E-state index contributed by atoms with van der Waals surface area (Å²) in [6, 6.07) is 8.38. The highest BCUT2D eigenvalue weighted by atomic mass is 35.5. The molecule has 21 heavy (non-hydrogen) atoms. The highest BCUT2D eigenvalue weighted by Gasteiger charge is 2.21. The van der Waals surface area contributed by atoms with Gasteiger partial charge >= 0.3 is 0 Å². The lowest BCUT2D eigenvalue weighted by molar-refractivity contribution is 0.342. The molecular weight excluding hydrogens is 284 g/mol. The van der Waals surface area contributed by atoms with E-state index >= 15 is 0 Å². The molecule has 0 bridgehead atoms. The van der Waals surface area contributed by atoms with Gasteiger partial charge in [0.2, 0.25) is 0 Å². The first-order chi connectivity index (χ1) is 10.3. The van der Waals surface area contributed by atoms with Crippen LogP contribution < -0.4 is 5.32 Å². The predicted molar refractivity (Wildman–Crippen MR) is 84.1 cm³/mol. The largest absolute Gasteiger partial charge is 0.367 e. The molecule has 1 N–H and O–H groups in total. The van der Waals surface area contributed by atoms with Gasteiger partial charge in [-0.15, -0.1) is 0 Å². The van der Waals surface area contributed by atoms with E-state index in [1.54, 1.807) is 12.3 Å². The van der Waals surface area contributed by atoms with E-state index in [4.69, 9.17) is 16.9 Å². The number of pyridine rings is 2. The van der Waals surface area contributed by atoms with Crippen LogP contribution >= 0.6 is 11.6 Å². The molecule has 0 spiro atoms. The van der Waals surface area contributed by atoms with Crippen LogP contribution in [0.4, 0.5) is 5.82 Å². The standard InChI is InChI=1S/C16H17ClN4/c17-15-10-14-13(2-1-9-19-14)16(21-15)20-12-5-3-11(4-6-12)7-8-18/h1-2,9-12H,3-7H2,(H,20,21). The molecule has 2 aromatic heterocycles. The fraction of sp³-hybridized carbons (Fsp3) is 0.438. The Morgan fingerprint density at radius 3 is 2.90 bits per heavy atom. The molecule has 0 unspecified atom stereocenters. The number of hydrogen-bond acceptors (Lipinski definition) is 4. The third-order valence-corrected chi connectivity index (χ3v) is 4.33. The van der Waals surface area contributed by atoms with Gasteiger partial charge in [-0.05, 0) is 43.7 Å². The molecule has 2 aromatic rings. The van der Waals surface area contributed by atoms with E-state index in [1.165, 1.54) is 0 Å². The quantitative estimate of drug-likeness (QED) is 0.864. The highest BCUT2D eigenvalue weighted by Crippen LogP contribution is 2.30. The summed E-state index contributed by atoms with van der Waals surface area (Å²) in [5, 5.41) is 13.7. The molecule has 3 rings (SSSR count). The SMILES string of the molecule is N#CCC1CCC(Nc2nc(Cl)cc3ncccc23)CC1. The van der Waals surface area contributed by atoms with Gasteiger partial charge in [-0.25, -0.2) is 4.98 Å². The molecule has 1 aliphatic rings. The lowest BCUT2D eigenvalue weighted by atomic mass is 9.84. The molecule has 2 heterocycles. The van der Waals surface area contributed by atoms with Crippen LogP contribution in [0.15, 0.2) is 24.4 Å². The van der Waals surface area contributed by atoms with Crippen molar-refractivity contribution in [3.05, 3.63) is 29.5 Å². The first kappa shape index (κ1) is 14.1. The summed E-state index contributed by atoms with van der Waals surface area (Å²) in [6.45, 7) is 0. The summed E-state index contributed by atoms with van der Waals surface area (Å²) in [5.74, 6) is 1.37. The third-order valence-electron chi connectivity index (χ3n) is 4.14. The van der Waals surface area contributed by atoms with Crippen LogP contribution in [0.25, 0.3) is 10.9 Å². The molecule has 0 aliphatic heterocycles. The fourth-order valence-corrected chi connectivity index (χ4v) is 3.18. The number of rotatable bonds is 3. The van der Waals surface area contributed by atoms with E-state index in [0.717, 1.165) is 42.4 Å². The molecule has 4 nitrogen and oxygen atoms in total. The normalized spacial score (nSPS) is 21.9. The number of fused-ring (bicyclic) bond motifs is 1. The Morgan fingerprint density at radius 2 is 2.14 bits per heavy atom. The van der Waals surface area contributed by atoms with Crippen molar-refractivity contribution in [2.75, 3.05) is 5.32 Å². The minimum absolute atomic E-state index is 0.398. The molecule has 0 atom stereocenters. The molecule has 5 heteroatoms. The number of hydrogen-bond donors (Lipinski definition) is 1. The minimum atomic E-state index is 0.398. The zero-order valence-corrected chi connectivity index (χ0v) is 12.5. The summed E-state index contributed by atoms with van der Waals surface area (Å²) in [6.07, 6.45) is 6.78. The topological polar surface area (TPSA) is 61.6 Å². The number of anilines is 1. The van der Waals surface area contributed by atoms with Crippen LogP contribution in [-0.4, -0.2) is 16.0 Å². The maximum atomic E-state index is 8.77. The number of aromatic nitrogens is 2. The smallest absolute Gasteiger partial charge is 0.137 e. The van der Waals surface area contributed by atoms with Crippen LogP contribution in [0.5, 0.6) is 0 Å². The van der Waals surface area contributed by atoms with E-state index in [2.05, 4.69) is 21.4 Å². The molecule has 108 valence electrons. The lowest BCUT2D eigenvalue weighted by Crippen LogP contribution is -2.26. The predicted octanol–water partition coefficient (Wildman–Crippen LogP) is 4.17. The first-order valence-corrected chi connectivity index (χ1v) is 7.69. The van der Waals surface area contributed by atoms with Crippen LogP contribution in [0.3, 0.4) is 0 Å². The van der Waals surface area contributed by atoms with Gasteiger partial charge in [0.25, 0.3) is 0 Å². The van der Waals surface area contributed by atoms with Gasteiger partial charge in [0.1, 0.15) is 11.0 Å². The van der Waals surface area contributed by atoms with Crippen molar-refractivity contribution in [2.24, 2.45) is 5.92 Å². The molecule has 1 aliphatic carbocycles. The number of nitrogens with one attached hydrogen (secondary N) is 1. The van der Waals surface area contributed by atoms with Crippen molar-refractivity contribution in [1.29, 1.82) is 5.26 Å². The van der Waals surface area contributed by atoms with Gasteiger partial charge < -0.3 is 5.32 Å². The van der Waals surface area contributed by atoms with Gasteiger partial charge in [-0.1, -0.05) is 11.6 Å². The summed E-state index contributed by atoms with van der Waals surface area (Å²) in [7, 11) is 0. The van der Waals surface area contributed by atoms with Crippen molar-refractivity contribution in [1.82, 2.24) is 9.97 Å². The van der Waals surface area contributed by atoms with Crippen LogP contribution in [0.2, 0.25) is 5.15 Å². The maximum Gasteiger partial charge on any atom is 0.137 e. The Hall–Kier alpha value is -1.86. The number of halogens is 1. The molecule has 1 fully saturated rings. The molecule has 0 amide bonds. The lowest BCUT2D eigenvalue weighted by Gasteiger charge is -2.28. The van der Waals surface area contributed by atoms with Crippen molar-refractivity contribution >= 4 is 28.3 Å². The highest BCUT2D eigenvalue weighted by molar-refractivity contribution is 6.30. The van der Waals surface area contributed by atoms with Crippen LogP contribution in [0, 0.1) is 17.2 Å². The van der Waals surface area contributed by atoms with Gasteiger partial charge in [0.05, 0.1) is 11.6 Å².